The number of nitrogens with two attached hydrogens (primary N) is 1. The maximum absolute atomic E-state index is 13.9. The molecule has 3 aromatic rings. The fraction of sp³-hybridized carbons (Fsp3) is 0.292. The van der Waals surface area contributed by atoms with Gasteiger partial charge in [-0.2, -0.15) is 0 Å². The summed E-state index contributed by atoms with van der Waals surface area (Å²) in [6.07, 6.45) is 6.80. The zero-order valence-corrected chi connectivity index (χ0v) is 17.7. The van der Waals surface area contributed by atoms with Gasteiger partial charge in [-0.25, -0.2) is 4.98 Å². The van der Waals surface area contributed by atoms with Crippen molar-refractivity contribution in [2.45, 2.75) is 30.9 Å². The summed E-state index contributed by atoms with van der Waals surface area (Å²) in [6.45, 7) is 0.433. The number of rotatable bonds is 6. The van der Waals surface area contributed by atoms with E-state index in [1.807, 2.05) is 12.1 Å². The number of benzene rings is 1. The number of likely N-dealkylation sites (tertiary alicyclic amines) is 1. The van der Waals surface area contributed by atoms with E-state index in [4.69, 9.17) is 14.9 Å². The third kappa shape index (κ3) is 3.91. The van der Waals surface area contributed by atoms with Gasteiger partial charge in [0, 0.05) is 30.1 Å². The normalized spacial score (nSPS) is 20.6. The van der Waals surface area contributed by atoms with E-state index in [1.165, 1.54) is 6.39 Å². The Morgan fingerprint density at radius 3 is 2.73 bits per heavy atom. The van der Waals surface area contributed by atoms with Crippen molar-refractivity contribution in [3.63, 3.8) is 0 Å². The third-order valence-electron chi connectivity index (χ3n) is 6.29. The van der Waals surface area contributed by atoms with Crippen LogP contribution >= 0.6 is 0 Å². The number of ketones is 1. The standard InChI is InChI=1S/C24H22N4O5/c25-23(30)16-2-1-15(21-11-27-13-33-21)10-17(16)18(9-14-3-6-26-7-4-14)24(31)28-8-5-20-22(28)19(29)12-32-20/h1-4,6-7,10-11,13,18,20,22H,5,8-9,12H2,(H2,25,30). The van der Waals surface area contributed by atoms with E-state index in [0.717, 1.165) is 5.56 Å². The van der Waals surface area contributed by atoms with E-state index in [9.17, 15) is 14.4 Å². The molecule has 33 heavy (non-hydrogen) atoms. The molecule has 0 spiro atoms. The second-order valence-corrected chi connectivity index (χ2v) is 8.23. The third-order valence-corrected chi connectivity index (χ3v) is 6.29. The van der Waals surface area contributed by atoms with Crippen LogP contribution in [0.2, 0.25) is 0 Å². The molecule has 9 heteroatoms. The molecule has 3 atom stereocenters. The Balaban J connectivity index is 1.60. The van der Waals surface area contributed by atoms with Crippen LogP contribution in [0, 0.1) is 0 Å². The van der Waals surface area contributed by atoms with Crippen LogP contribution < -0.4 is 5.73 Å². The fourth-order valence-electron chi connectivity index (χ4n) is 4.71. The summed E-state index contributed by atoms with van der Waals surface area (Å²) < 4.78 is 11.0. The van der Waals surface area contributed by atoms with Gasteiger partial charge in [-0.1, -0.05) is 6.07 Å². The Hall–Kier alpha value is -3.85. The SMILES string of the molecule is NC(=O)c1ccc(-c2cnco2)cc1C(Cc1ccncc1)C(=O)N1CCC2OCC(=O)C21. The highest BCUT2D eigenvalue weighted by atomic mass is 16.5. The van der Waals surface area contributed by atoms with Gasteiger partial charge in [0.15, 0.2) is 17.9 Å². The topological polar surface area (TPSA) is 129 Å². The lowest BCUT2D eigenvalue weighted by molar-refractivity contribution is -0.137. The van der Waals surface area contributed by atoms with Crippen LogP contribution in [-0.4, -0.2) is 57.8 Å². The Bertz CT molecular complexity index is 1190. The van der Waals surface area contributed by atoms with Gasteiger partial charge in [0.05, 0.1) is 18.2 Å². The minimum Gasteiger partial charge on any atom is -0.444 e. The van der Waals surface area contributed by atoms with Crippen molar-refractivity contribution in [2.24, 2.45) is 5.73 Å². The number of hydrogen-bond acceptors (Lipinski definition) is 7. The summed E-state index contributed by atoms with van der Waals surface area (Å²) >= 11 is 0. The van der Waals surface area contributed by atoms with E-state index in [-0.39, 0.29) is 30.0 Å². The monoisotopic (exact) mass is 446 g/mol. The number of oxazole rings is 1. The molecule has 5 rings (SSSR count). The minimum atomic E-state index is -0.745. The molecular weight excluding hydrogens is 424 g/mol. The van der Waals surface area contributed by atoms with Crippen molar-refractivity contribution < 1.29 is 23.5 Å². The fourth-order valence-corrected chi connectivity index (χ4v) is 4.71. The van der Waals surface area contributed by atoms with E-state index < -0.39 is 17.9 Å². The summed E-state index contributed by atoms with van der Waals surface area (Å²) in [5.41, 5.74) is 7.95. The van der Waals surface area contributed by atoms with E-state index in [2.05, 4.69) is 9.97 Å². The molecule has 2 N–H and O–H groups in total. The molecule has 3 unspecified atom stereocenters. The molecule has 9 nitrogen and oxygen atoms in total. The molecule has 2 aliphatic heterocycles. The maximum Gasteiger partial charge on any atom is 0.249 e. The van der Waals surface area contributed by atoms with Crippen molar-refractivity contribution in [1.82, 2.24) is 14.9 Å². The summed E-state index contributed by atoms with van der Waals surface area (Å²) in [7, 11) is 0. The van der Waals surface area contributed by atoms with Crippen molar-refractivity contribution >= 4 is 17.6 Å². The molecule has 168 valence electrons. The number of ether oxygens (including phenoxy) is 1. The maximum atomic E-state index is 13.9. The first-order valence-electron chi connectivity index (χ1n) is 10.7. The van der Waals surface area contributed by atoms with Crippen LogP contribution in [0.5, 0.6) is 0 Å². The lowest BCUT2D eigenvalue weighted by atomic mass is 9.86. The highest BCUT2D eigenvalue weighted by Gasteiger charge is 2.48. The Kier molecular flexibility index (Phi) is 5.47. The van der Waals surface area contributed by atoms with E-state index in [0.29, 0.717) is 36.3 Å². The average molecular weight is 446 g/mol. The molecule has 2 saturated heterocycles. The number of carbonyl (C=O) groups excluding carboxylic acids is 3. The van der Waals surface area contributed by atoms with Gasteiger partial charge >= 0.3 is 0 Å². The zero-order valence-electron chi connectivity index (χ0n) is 17.7. The van der Waals surface area contributed by atoms with Gasteiger partial charge in [0.2, 0.25) is 11.8 Å². The summed E-state index contributed by atoms with van der Waals surface area (Å²) in [5.74, 6) is -1.22. The van der Waals surface area contributed by atoms with E-state index in [1.54, 1.807) is 41.7 Å². The first kappa shape index (κ1) is 21.0. The lowest BCUT2D eigenvalue weighted by Crippen LogP contribution is -2.44. The average Bonchev–Trinajstić information content (AvgIpc) is 3.57. The largest absolute Gasteiger partial charge is 0.444 e. The first-order valence-corrected chi connectivity index (χ1v) is 10.7. The predicted octanol–water partition coefficient (Wildman–Crippen LogP) is 1.73. The van der Waals surface area contributed by atoms with Gasteiger partial charge in [0.25, 0.3) is 0 Å². The van der Waals surface area contributed by atoms with Crippen LogP contribution in [0.4, 0.5) is 0 Å². The second-order valence-electron chi connectivity index (χ2n) is 8.23. The second kappa shape index (κ2) is 8.59. The molecule has 1 aromatic carbocycles. The number of nitrogens with zero attached hydrogens (tertiary/aromatic N) is 3. The highest BCUT2D eigenvalue weighted by Crippen LogP contribution is 2.35. The number of primary amides is 1. The van der Waals surface area contributed by atoms with Crippen LogP contribution in [0.25, 0.3) is 11.3 Å². The van der Waals surface area contributed by atoms with Crippen LogP contribution in [0.15, 0.2) is 59.7 Å². The van der Waals surface area contributed by atoms with Crippen LogP contribution in [-0.2, 0) is 20.7 Å². The first-order chi connectivity index (χ1) is 16.0. The van der Waals surface area contributed by atoms with Crippen molar-refractivity contribution in [3.05, 3.63) is 72.0 Å². The molecule has 0 radical (unpaired) electrons. The number of carbonyl (C=O) groups is 3. The van der Waals surface area contributed by atoms with Gasteiger partial charge in [0.1, 0.15) is 12.6 Å². The zero-order chi connectivity index (χ0) is 22.9. The molecule has 2 amide bonds. The van der Waals surface area contributed by atoms with Gasteiger partial charge in [-0.05, 0) is 48.2 Å². The number of fused-ring (bicyclic) bond motifs is 1. The molecule has 0 aliphatic carbocycles. The Labute approximate surface area is 189 Å². The number of pyridine rings is 1. The van der Waals surface area contributed by atoms with Gasteiger partial charge in [-0.15, -0.1) is 0 Å². The van der Waals surface area contributed by atoms with Crippen LogP contribution in [0.1, 0.15) is 33.8 Å². The molecule has 2 fully saturated rings. The van der Waals surface area contributed by atoms with Crippen molar-refractivity contribution in [1.29, 1.82) is 0 Å². The molecular formula is C24H22N4O5. The summed E-state index contributed by atoms with van der Waals surface area (Å²) in [6, 6.07) is 8.09. The number of amides is 2. The van der Waals surface area contributed by atoms with Gasteiger partial charge < -0.3 is 19.8 Å². The molecule has 0 saturated carbocycles. The Morgan fingerprint density at radius 2 is 2.00 bits per heavy atom. The Morgan fingerprint density at radius 1 is 1.18 bits per heavy atom. The van der Waals surface area contributed by atoms with E-state index >= 15 is 0 Å². The van der Waals surface area contributed by atoms with Gasteiger partial charge in [-0.3, -0.25) is 19.4 Å². The van der Waals surface area contributed by atoms with Crippen molar-refractivity contribution in [3.8, 4) is 11.3 Å². The molecule has 4 heterocycles. The van der Waals surface area contributed by atoms with Crippen molar-refractivity contribution in [2.75, 3.05) is 13.2 Å². The highest BCUT2D eigenvalue weighted by molar-refractivity contribution is 5.99. The molecule has 2 aromatic heterocycles. The quantitative estimate of drug-likeness (QED) is 0.610. The number of hydrogen-bond donors (Lipinski definition) is 1. The smallest absolute Gasteiger partial charge is 0.249 e. The minimum absolute atomic E-state index is 0.0155. The molecule has 0 bridgehead atoms. The predicted molar refractivity (Wildman–Crippen MR) is 116 cm³/mol. The summed E-state index contributed by atoms with van der Waals surface area (Å²) in [5, 5.41) is 0. The summed E-state index contributed by atoms with van der Waals surface area (Å²) in [4.78, 5) is 48.3. The molecule has 2 aliphatic rings. The number of aromatic nitrogens is 2. The lowest BCUT2D eigenvalue weighted by Gasteiger charge is -2.28. The number of Topliss-reactive ketones (excluding diaryl/α,β-unsaturated/α-hetero) is 1. The van der Waals surface area contributed by atoms with Crippen LogP contribution in [0.3, 0.4) is 0 Å².